The molecule has 11 atom stereocenters. The summed E-state index contributed by atoms with van der Waals surface area (Å²) in [5.41, 5.74) is -8.33. The average molecular weight is 919 g/mol. The molecule has 0 spiro atoms. The number of alkyl carbamates (subject to hydrolysis) is 1. The maximum absolute atomic E-state index is 15.2. The van der Waals surface area contributed by atoms with Gasteiger partial charge in [0.25, 0.3) is 0 Å². The predicted octanol–water partition coefficient (Wildman–Crippen LogP) is 3.81. The van der Waals surface area contributed by atoms with Crippen molar-refractivity contribution < 1.29 is 72.5 Å². The van der Waals surface area contributed by atoms with Crippen molar-refractivity contribution in [3.05, 3.63) is 82.9 Å². The molecule has 5 N–H and O–H groups in total. The molecule has 4 fully saturated rings. The number of rotatable bonds is 10. The maximum atomic E-state index is 15.2. The third kappa shape index (κ3) is 8.64. The Morgan fingerprint density at radius 3 is 2.12 bits per heavy atom. The van der Waals surface area contributed by atoms with Crippen LogP contribution in [0.2, 0.25) is 0 Å². The number of ketones is 1. The number of esters is 4. The van der Waals surface area contributed by atoms with E-state index in [0.29, 0.717) is 31.5 Å². The van der Waals surface area contributed by atoms with Crippen LogP contribution >= 0.6 is 0 Å². The molecule has 5 aliphatic rings. The zero-order valence-electron chi connectivity index (χ0n) is 38.7. The first kappa shape index (κ1) is 48.7. The van der Waals surface area contributed by atoms with E-state index in [1.165, 1.54) is 26.0 Å². The van der Waals surface area contributed by atoms with Crippen molar-refractivity contribution in [2.24, 2.45) is 22.7 Å². The Morgan fingerprint density at radius 1 is 0.924 bits per heavy atom. The van der Waals surface area contributed by atoms with Gasteiger partial charge < -0.3 is 54.4 Å². The van der Waals surface area contributed by atoms with E-state index >= 15 is 9.59 Å². The number of carbonyl (C=O) groups excluding carboxylic acids is 6. The smallest absolute Gasteiger partial charge is 0.408 e. The van der Waals surface area contributed by atoms with E-state index < -0.39 is 124 Å². The number of hydrogen-bond donors (Lipinski definition) is 5. The van der Waals surface area contributed by atoms with Gasteiger partial charge in [0, 0.05) is 25.2 Å². The Labute approximate surface area is 383 Å². The van der Waals surface area contributed by atoms with E-state index in [1.807, 2.05) is 0 Å². The van der Waals surface area contributed by atoms with Gasteiger partial charge in [-0.3, -0.25) is 14.4 Å². The summed E-state index contributed by atoms with van der Waals surface area (Å²) in [4.78, 5) is 85.0. The fourth-order valence-electron chi connectivity index (χ4n) is 10.9. The lowest BCUT2D eigenvalue weighted by molar-refractivity contribution is -0.346. The topological polar surface area (TPSA) is 243 Å². The minimum absolute atomic E-state index is 0.0712. The van der Waals surface area contributed by atoms with E-state index in [-0.39, 0.29) is 29.7 Å². The molecule has 2 aromatic rings. The number of Topliss-reactive ketones (excluding diaryl/α,β-unsaturated/α-hetero) is 1. The summed E-state index contributed by atoms with van der Waals surface area (Å²) < 4.78 is 36.3. The van der Waals surface area contributed by atoms with Crippen LogP contribution in [0.25, 0.3) is 0 Å². The van der Waals surface area contributed by atoms with Crippen LogP contribution in [0.3, 0.4) is 0 Å². The van der Waals surface area contributed by atoms with Crippen LogP contribution in [0, 0.1) is 22.7 Å². The van der Waals surface area contributed by atoms with Gasteiger partial charge in [-0.15, -0.1) is 0 Å². The lowest BCUT2D eigenvalue weighted by Gasteiger charge is -2.67. The molecule has 1 amide bonds. The van der Waals surface area contributed by atoms with E-state index in [2.05, 4.69) is 10.6 Å². The lowest BCUT2D eigenvalue weighted by Crippen LogP contribution is -2.81. The fraction of sp³-hybridized carbons (Fsp3) is 0.592. The van der Waals surface area contributed by atoms with E-state index in [1.54, 1.807) is 83.1 Å². The van der Waals surface area contributed by atoms with Crippen molar-refractivity contribution in [3.63, 3.8) is 0 Å². The van der Waals surface area contributed by atoms with Crippen LogP contribution in [-0.2, 0) is 47.6 Å². The number of ether oxygens (including phenoxy) is 6. The molecule has 358 valence electrons. The van der Waals surface area contributed by atoms with Crippen molar-refractivity contribution in [1.82, 2.24) is 10.6 Å². The van der Waals surface area contributed by atoms with Crippen molar-refractivity contribution in [3.8, 4) is 0 Å². The number of fused-ring (bicyclic) bond motifs is 5. The van der Waals surface area contributed by atoms with Gasteiger partial charge in [0.15, 0.2) is 11.4 Å². The molecule has 1 unspecified atom stereocenters. The van der Waals surface area contributed by atoms with Crippen molar-refractivity contribution in [1.29, 1.82) is 0 Å². The molecule has 2 bridgehead atoms. The normalized spacial score (nSPS) is 32.6. The summed E-state index contributed by atoms with van der Waals surface area (Å²) in [6.07, 6.45) is -10.7. The molecule has 7 rings (SSSR count). The Balaban J connectivity index is 1.38. The molecule has 2 saturated carbocycles. The van der Waals surface area contributed by atoms with Crippen molar-refractivity contribution in [2.75, 3.05) is 19.7 Å². The van der Waals surface area contributed by atoms with Gasteiger partial charge >= 0.3 is 30.0 Å². The standard InChI is InChI=1S/C49H62N2O15/c1-26-31(62-43(58)37(63-41(56)30-19-21-50-22-20-30)35(28-15-11-9-12-16-28)51-44(59)66-45(3,4)5)24-49(60)40(64-42(57)29-17-13-10-14-18-29)38-47(8,39(55)36(54)34(26)46(49,6)7)32(53)23-33-48(38,25-61-33)65-27(2)52/h9-18,30-33,35-38,40,50,53-54,60H,19-25H2,1-8H3,(H,51,59)/t31-,32-,33+,35-,36+,37+,38?,40-,47+,48-,49+/m0/s1. The first-order chi connectivity index (χ1) is 31.0. The van der Waals surface area contributed by atoms with E-state index in [4.69, 9.17) is 28.4 Å². The molecular formula is C49H62N2O15. The highest BCUT2D eigenvalue weighted by Gasteiger charge is 2.78. The minimum Gasteiger partial charge on any atom is -0.455 e. The minimum atomic E-state index is -2.40. The number of piperidine rings is 1. The quantitative estimate of drug-likeness (QED) is 0.129. The third-order valence-electron chi connectivity index (χ3n) is 14.5. The summed E-state index contributed by atoms with van der Waals surface area (Å²) in [7, 11) is 0. The second kappa shape index (κ2) is 18.1. The molecule has 66 heavy (non-hydrogen) atoms. The van der Waals surface area contributed by atoms with Crippen LogP contribution < -0.4 is 10.6 Å². The molecule has 2 heterocycles. The highest BCUT2D eigenvalue weighted by molar-refractivity contribution is 5.94. The van der Waals surface area contributed by atoms with Crippen LogP contribution in [-0.4, -0.2) is 124 Å². The van der Waals surface area contributed by atoms with Crippen LogP contribution in [0.15, 0.2) is 71.8 Å². The number of amides is 1. The molecule has 17 heteroatoms. The highest BCUT2D eigenvalue weighted by atomic mass is 16.6. The number of aliphatic hydroxyl groups is 3. The Bertz CT molecular complexity index is 2240. The summed E-state index contributed by atoms with van der Waals surface area (Å²) >= 11 is 0. The van der Waals surface area contributed by atoms with Crippen molar-refractivity contribution >= 4 is 35.8 Å². The van der Waals surface area contributed by atoms with Gasteiger partial charge in [-0.2, -0.15) is 0 Å². The monoisotopic (exact) mass is 918 g/mol. The Morgan fingerprint density at radius 2 is 1.55 bits per heavy atom. The van der Waals surface area contributed by atoms with Gasteiger partial charge in [0.1, 0.15) is 41.7 Å². The summed E-state index contributed by atoms with van der Waals surface area (Å²) in [5.74, 6) is -6.66. The highest BCUT2D eigenvalue weighted by Crippen LogP contribution is 2.64. The largest absolute Gasteiger partial charge is 0.455 e. The zero-order valence-corrected chi connectivity index (χ0v) is 38.7. The second-order valence-electron chi connectivity index (χ2n) is 20.0. The number of nitrogens with one attached hydrogen (secondary N) is 2. The fourth-order valence-corrected chi connectivity index (χ4v) is 10.9. The average Bonchev–Trinajstić information content (AvgIpc) is 3.26. The van der Waals surface area contributed by atoms with Crippen LogP contribution in [0.1, 0.15) is 103 Å². The number of aliphatic hydroxyl groups excluding tert-OH is 2. The number of hydrogen-bond acceptors (Lipinski definition) is 16. The van der Waals surface area contributed by atoms with E-state index in [0.717, 1.165) is 6.92 Å². The molecule has 0 radical (unpaired) electrons. The maximum Gasteiger partial charge on any atom is 0.408 e. The van der Waals surface area contributed by atoms with Gasteiger partial charge in [0.05, 0.1) is 35.5 Å². The second-order valence-corrected chi connectivity index (χ2v) is 20.0. The molecular weight excluding hydrogens is 857 g/mol. The van der Waals surface area contributed by atoms with Gasteiger partial charge in [-0.1, -0.05) is 62.4 Å². The van der Waals surface area contributed by atoms with Crippen LogP contribution in [0.5, 0.6) is 0 Å². The van der Waals surface area contributed by atoms with E-state index in [9.17, 15) is 34.5 Å². The first-order valence-corrected chi connectivity index (χ1v) is 22.5. The van der Waals surface area contributed by atoms with Crippen LogP contribution in [0.4, 0.5) is 4.79 Å². The lowest BCUT2D eigenvalue weighted by atomic mass is 9.44. The Hall–Kier alpha value is -5.20. The Kier molecular flexibility index (Phi) is 13.4. The summed E-state index contributed by atoms with van der Waals surface area (Å²) in [5, 5.41) is 44.0. The first-order valence-electron chi connectivity index (χ1n) is 22.5. The van der Waals surface area contributed by atoms with Gasteiger partial charge in [-0.05, 0) is 89.4 Å². The molecule has 17 nitrogen and oxygen atoms in total. The predicted molar refractivity (Wildman–Crippen MR) is 233 cm³/mol. The SMILES string of the molecule is CC(=O)O[C@@]12CO[C@@H]1C[C@H](O)[C@@]1(C)C(=O)[C@H](O)C3=C(C)[C@@H](OC(=O)[C@H](OC(=O)C4CCNCC4)[C@@H](NC(=O)OC(C)(C)C)c4ccccc4)C[C@@](O)([C@@H](OC(=O)c4ccccc4)C12)C3(C)C. The van der Waals surface area contributed by atoms with Crippen molar-refractivity contribution in [2.45, 2.75) is 141 Å². The summed E-state index contributed by atoms with van der Waals surface area (Å²) in [6.45, 7) is 12.9. The molecule has 2 aromatic carbocycles. The van der Waals surface area contributed by atoms with Gasteiger partial charge in [-0.25, -0.2) is 14.4 Å². The molecule has 2 aliphatic heterocycles. The molecule has 3 aliphatic carbocycles. The third-order valence-corrected chi connectivity index (χ3v) is 14.5. The molecule has 2 saturated heterocycles. The molecule has 0 aromatic heterocycles. The van der Waals surface area contributed by atoms with Gasteiger partial charge in [0.2, 0.25) is 6.10 Å². The number of carbonyl (C=O) groups is 6. The number of benzene rings is 2. The summed E-state index contributed by atoms with van der Waals surface area (Å²) in [6, 6.07) is 14.8. The zero-order chi connectivity index (χ0) is 48.1.